The van der Waals surface area contributed by atoms with Gasteiger partial charge in [0.25, 0.3) is 10.0 Å². The fourth-order valence-corrected chi connectivity index (χ4v) is 4.38. The molecule has 3 aromatic rings. The average Bonchev–Trinajstić information content (AvgIpc) is 2.76. The number of hydrogen-bond donors (Lipinski definition) is 0. The van der Waals surface area contributed by atoms with Crippen LogP contribution in [0.25, 0.3) is 10.8 Å². The van der Waals surface area contributed by atoms with Crippen molar-refractivity contribution in [1.29, 1.82) is 0 Å². The highest BCUT2D eigenvalue weighted by molar-refractivity contribution is 7.92. The molecular weight excluding hydrogens is 394 g/mol. The van der Waals surface area contributed by atoms with Gasteiger partial charge >= 0.3 is 5.97 Å². The summed E-state index contributed by atoms with van der Waals surface area (Å²) in [6.45, 7) is -0.506. The third-order valence-electron chi connectivity index (χ3n) is 4.46. The van der Waals surface area contributed by atoms with E-state index in [0.29, 0.717) is 5.75 Å². The van der Waals surface area contributed by atoms with Crippen molar-refractivity contribution in [2.75, 3.05) is 32.2 Å². The first-order chi connectivity index (χ1) is 13.9. The first kappa shape index (κ1) is 20.5. The maximum absolute atomic E-state index is 13.5. The van der Waals surface area contributed by atoms with E-state index in [1.807, 2.05) is 24.3 Å². The Balaban J connectivity index is 2.16. The molecular formula is C21H21NO6S. The summed E-state index contributed by atoms with van der Waals surface area (Å²) in [4.78, 5) is 12.1. The smallest absolute Gasteiger partial charge is 0.326 e. The number of carbonyl (C=O) groups is 1. The lowest BCUT2D eigenvalue weighted by molar-refractivity contribution is -0.138. The number of fused-ring (bicyclic) bond motifs is 1. The molecule has 0 atom stereocenters. The lowest BCUT2D eigenvalue weighted by atomic mass is 10.1. The summed E-state index contributed by atoms with van der Waals surface area (Å²) in [6, 6.07) is 16.9. The summed E-state index contributed by atoms with van der Waals surface area (Å²) in [6.07, 6.45) is 0. The molecule has 29 heavy (non-hydrogen) atoms. The summed E-state index contributed by atoms with van der Waals surface area (Å²) >= 11 is 0. The number of anilines is 1. The normalized spacial score (nSPS) is 11.1. The van der Waals surface area contributed by atoms with Gasteiger partial charge in [0, 0.05) is 6.07 Å². The molecule has 0 aliphatic carbocycles. The van der Waals surface area contributed by atoms with Crippen LogP contribution >= 0.6 is 0 Å². The molecule has 152 valence electrons. The Morgan fingerprint density at radius 2 is 1.62 bits per heavy atom. The number of methoxy groups -OCH3 is 3. The Kier molecular flexibility index (Phi) is 5.93. The summed E-state index contributed by atoms with van der Waals surface area (Å²) in [5.41, 5.74) is 0.201. The van der Waals surface area contributed by atoms with E-state index in [9.17, 15) is 13.2 Å². The second-order valence-corrected chi connectivity index (χ2v) is 8.00. The van der Waals surface area contributed by atoms with Crippen molar-refractivity contribution in [2.24, 2.45) is 0 Å². The van der Waals surface area contributed by atoms with Crippen molar-refractivity contribution >= 4 is 32.5 Å². The molecule has 0 N–H and O–H groups in total. The first-order valence-electron chi connectivity index (χ1n) is 8.71. The standard InChI is InChI=1S/C21H21NO6S/c1-26-17-9-11-19(20(13-17)27-2)22(14-21(23)28-3)29(24,25)18-10-8-15-6-4-5-7-16(15)12-18/h4-13H,14H2,1-3H3. The van der Waals surface area contributed by atoms with E-state index in [4.69, 9.17) is 14.2 Å². The third-order valence-corrected chi connectivity index (χ3v) is 6.22. The lowest BCUT2D eigenvalue weighted by Gasteiger charge is -2.25. The Hall–Kier alpha value is -3.26. The average molecular weight is 415 g/mol. The summed E-state index contributed by atoms with van der Waals surface area (Å²) in [5.74, 6) is 0.0385. The van der Waals surface area contributed by atoms with Gasteiger partial charge in [-0.15, -0.1) is 0 Å². The molecule has 0 amide bonds. The van der Waals surface area contributed by atoms with Crippen molar-refractivity contribution in [1.82, 2.24) is 0 Å². The van der Waals surface area contributed by atoms with Gasteiger partial charge < -0.3 is 14.2 Å². The molecule has 0 saturated carbocycles. The molecule has 0 bridgehead atoms. The largest absolute Gasteiger partial charge is 0.497 e. The van der Waals surface area contributed by atoms with Crippen molar-refractivity contribution in [3.8, 4) is 11.5 Å². The highest BCUT2D eigenvalue weighted by Crippen LogP contribution is 2.35. The van der Waals surface area contributed by atoms with Gasteiger partial charge in [0.15, 0.2) is 0 Å². The number of sulfonamides is 1. The molecule has 7 nitrogen and oxygen atoms in total. The van der Waals surface area contributed by atoms with Crippen molar-refractivity contribution in [2.45, 2.75) is 4.90 Å². The minimum Gasteiger partial charge on any atom is -0.497 e. The lowest BCUT2D eigenvalue weighted by Crippen LogP contribution is -2.36. The van der Waals surface area contributed by atoms with Crippen LogP contribution in [0, 0.1) is 0 Å². The van der Waals surface area contributed by atoms with Gasteiger partial charge in [-0.25, -0.2) is 8.42 Å². The molecule has 0 heterocycles. The van der Waals surface area contributed by atoms with E-state index in [0.717, 1.165) is 15.1 Å². The Morgan fingerprint density at radius 1 is 0.897 bits per heavy atom. The van der Waals surface area contributed by atoms with E-state index in [2.05, 4.69) is 0 Å². The van der Waals surface area contributed by atoms with Crippen LogP contribution < -0.4 is 13.8 Å². The summed E-state index contributed by atoms with van der Waals surface area (Å²) in [5, 5.41) is 1.68. The minimum atomic E-state index is -4.09. The summed E-state index contributed by atoms with van der Waals surface area (Å²) in [7, 11) is 0.0180. The van der Waals surface area contributed by atoms with Crippen LogP contribution in [0.5, 0.6) is 11.5 Å². The van der Waals surface area contributed by atoms with Gasteiger partial charge in [-0.1, -0.05) is 30.3 Å². The van der Waals surface area contributed by atoms with E-state index in [1.165, 1.54) is 33.5 Å². The van der Waals surface area contributed by atoms with Gasteiger partial charge in [-0.05, 0) is 35.0 Å². The van der Waals surface area contributed by atoms with E-state index >= 15 is 0 Å². The number of benzene rings is 3. The maximum Gasteiger partial charge on any atom is 0.326 e. The molecule has 0 aliphatic heterocycles. The zero-order valence-electron chi connectivity index (χ0n) is 16.3. The maximum atomic E-state index is 13.5. The summed E-state index contributed by atoms with van der Waals surface area (Å²) < 4.78 is 43.2. The molecule has 0 aromatic heterocycles. The van der Waals surface area contributed by atoms with Crippen molar-refractivity contribution in [3.05, 3.63) is 60.7 Å². The predicted octanol–water partition coefficient (Wildman–Crippen LogP) is 3.23. The molecule has 0 aliphatic rings. The van der Waals surface area contributed by atoms with Gasteiger partial charge in [0.05, 0.1) is 31.9 Å². The van der Waals surface area contributed by atoms with Gasteiger partial charge in [-0.3, -0.25) is 9.10 Å². The Bertz CT molecular complexity index is 1140. The van der Waals surface area contributed by atoms with E-state index in [-0.39, 0.29) is 16.3 Å². The highest BCUT2D eigenvalue weighted by atomic mass is 32.2. The SMILES string of the molecule is COC(=O)CN(c1ccc(OC)cc1OC)S(=O)(=O)c1ccc2ccccc2c1. The fourth-order valence-electron chi connectivity index (χ4n) is 2.93. The van der Waals surface area contributed by atoms with Crippen LogP contribution in [0.2, 0.25) is 0 Å². The Morgan fingerprint density at radius 3 is 2.28 bits per heavy atom. The number of esters is 1. The zero-order valence-corrected chi connectivity index (χ0v) is 17.1. The molecule has 3 rings (SSSR count). The number of hydrogen-bond acceptors (Lipinski definition) is 6. The quantitative estimate of drug-likeness (QED) is 0.551. The molecule has 0 spiro atoms. The number of nitrogens with zero attached hydrogens (tertiary/aromatic N) is 1. The number of ether oxygens (including phenoxy) is 3. The molecule has 0 radical (unpaired) electrons. The second-order valence-electron chi connectivity index (χ2n) is 6.13. The molecule has 8 heteroatoms. The third kappa shape index (κ3) is 4.12. The fraction of sp³-hybridized carbons (Fsp3) is 0.190. The molecule has 3 aromatic carbocycles. The van der Waals surface area contributed by atoms with Crippen molar-refractivity contribution < 1.29 is 27.4 Å². The van der Waals surface area contributed by atoms with Crippen LogP contribution in [0.3, 0.4) is 0 Å². The minimum absolute atomic E-state index is 0.0537. The molecule has 0 saturated heterocycles. The van der Waals surface area contributed by atoms with E-state index in [1.54, 1.807) is 24.3 Å². The predicted molar refractivity (Wildman–Crippen MR) is 110 cm³/mol. The zero-order chi connectivity index (χ0) is 21.0. The monoisotopic (exact) mass is 415 g/mol. The van der Waals surface area contributed by atoms with Crippen LogP contribution in [-0.2, 0) is 19.6 Å². The van der Waals surface area contributed by atoms with Crippen LogP contribution in [0.15, 0.2) is 65.6 Å². The second kappa shape index (κ2) is 8.40. The highest BCUT2D eigenvalue weighted by Gasteiger charge is 2.30. The van der Waals surface area contributed by atoms with Crippen LogP contribution in [0.4, 0.5) is 5.69 Å². The Labute approximate surface area is 169 Å². The van der Waals surface area contributed by atoms with Gasteiger partial charge in [0.2, 0.25) is 0 Å². The first-order valence-corrected chi connectivity index (χ1v) is 10.1. The van der Waals surface area contributed by atoms with Crippen molar-refractivity contribution in [3.63, 3.8) is 0 Å². The molecule has 0 unspecified atom stereocenters. The van der Waals surface area contributed by atoms with Crippen LogP contribution in [-0.4, -0.2) is 42.3 Å². The topological polar surface area (TPSA) is 82.1 Å². The number of carbonyl (C=O) groups excluding carboxylic acids is 1. The van der Waals surface area contributed by atoms with Crippen LogP contribution in [0.1, 0.15) is 0 Å². The number of rotatable bonds is 7. The van der Waals surface area contributed by atoms with E-state index < -0.39 is 22.5 Å². The van der Waals surface area contributed by atoms with Gasteiger partial charge in [-0.2, -0.15) is 0 Å². The molecule has 0 fully saturated rings. The van der Waals surface area contributed by atoms with Gasteiger partial charge in [0.1, 0.15) is 18.0 Å².